The van der Waals surface area contributed by atoms with E-state index in [9.17, 15) is 4.79 Å². The molecule has 14 heavy (non-hydrogen) atoms. The summed E-state index contributed by atoms with van der Waals surface area (Å²) in [5.41, 5.74) is 0. The average molecular weight is 201 g/mol. The molecule has 0 saturated carbocycles. The minimum Gasteiger partial charge on any atom is -0.380 e. The van der Waals surface area contributed by atoms with Crippen LogP contribution >= 0.6 is 0 Å². The normalized spacial score (nSPS) is 10.1. The first kappa shape index (κ1) is 13.6. The van der Waals surface area contributed by atoms with Gasteiger partial charge in [0.2, 0.25) is 0 Å². The number of carbonyl (C=O) groups is 1. The Morgan fingerprint density at radius 2 is 1.57 bits per heavy atom. The molecule has 0 amide bonds. The monoisotopic (exact) mass is 201 g/mol. The molecule has 1 radical (unpaired) electrons. The molecule has 0 spiro atoms. The van der Waals surface area contributed by atoms with Crippen molar-refractivity contribution in [3.8, 4) is 0 Å². The van der Waals surface area contributed by atoms with E-state index in [0.29, 0.717) is 26.4 Å². The third-order valence-electron chi connectivity index (χ3n) is 1.48. The lowest BCUT2D eigenvalue weighted by Gasteiger charge is -2.04. The second kappa shape index (κ2) is 12.6. The van der Waals surface area contributed by atoms with E-state index in [1.165, 1.54) is 0 Å². The number of aldehydes is 1. The third kappa shape index (κ3) is 11.6. The summed E-state index contributed by atoms with van der Waals surface area (Å²) < 4.78 is 15.3. The van der Waals surface area contributed by atoms with Crippen molar-refractivity contribution >= 4 is 13.6 Å². The number of hydrogen-bond donors (Lipinski definition) is 0. The molecule has 0 aromatic carbocycles. The molecular weight excluding hydrogens is 183 g/mol. The summed E-state index contributed by atoms with van der Waals surface area (Å²) in [5, 5.41) is 0. The fourth-order valence-electron chi connectivity index (χ4n) is 0.772. The molecule has 0 aromatic heterocycles. The molecular formula is C9H18BO4. The van der Waals surface area contributed by atoms with Gasteiger partial charge < -0.3 is 19.0 Å². The van der Waals surface area contributed by atoms with Crippen molar-refractivity contribution in [2.24, 2.45) is 0 Å². The maximum atomic E-state index is 9.85. The van der Waals surface area contributed by atoms with Crippen molar-refractivity contribution in [2.45, 2.75) is 13.1 Å². The van der Waals surface area contributed by atoms with Crippen LogP contribution in [0.2, 0.25) is 13.1 Å². The van der Waals surface area contributed by atoms with E-state index in [2.05, 4.69) is 7.28 Å². The van der Waals surface area contributed by atoms with Crippen molar-refractivity contribution in [1.82, 2.24) is 0 Å². The maximum absolute atomic E-state index is 9.85. The van der Waals surface area contributed by atoms with Gasteiger partial charge in [-0.25, -0.2) is 0 Å². The van der Waals surface area contributed by atoms with Crippen LogP contribution in [-0.2, 0) is 19.0 Å². The predicted molar refractivity (Wildman–Crippen MR) is 54.9 cm³/mol. The van der Waals surface area contributed by atoms with Gasteiger partial charge in [-0.2, -0.15) is 0 Å². The Balaban J connectivity index is 2.81. The molecule has 0 rings (SSSR count). The number of hydrogen-bond acceptors (Lipinski definition) is 4. The molecule has 0 unspecified atom stereocenters. The molecule has 0 aliphatic heterocycles. The highest BCUT2D eigenvalue weighted by Gasteiger charge is 1.90. The molecule has 5 heteroatoms. The van der Waals surface area contributed by atoms with E-state index in [0.717, 1.165) is 19.2 Å². The van der Waals surface area contributed by atoms with Gasteiger partial charge in [0, 0.05) is 6.61 Å². The summed E-state index contributed by atoms with van der Waals surface area (Å²) >= 11 is 0. The second-order valence-corrected chi connectivity index (χ2v) is 2.66. The molecule has 0 heterocycles. The lowest BCUT2D eigenvalue weighted by Crippen LogP contribution is -2.10. The van der Waals surface area contributed by atoms with Crippen molar-refractivity contribution in [3.05, 3.63) is 0 Å². The van der Waals surface area contributed by atoms with Crippen LogP contribution in [-0.4, -0.2) is 53.2 Å². The zero-order valence-corrected chi connectivity index (χ0v) is 8.74. The molecule has 81 valence electrons. The van der Waals surface area contributed by atoms with Crippen LogP contribution in [0.4, 0.5) is 0 Å². The lowest BCUT2D eigenvalue weighted by atomic mass is 9.79. The fraction of sp³-hybridized carbons (Fsp3) is 0.889. The largest absolute Gasteiger partial charge is 0.380 e. The molecule has 0 saturated heterocycles. The molecule has 0 aliphatic rings. The van der Waals surface area contributed by atoms with Gasteiger partial charge in [0.05, 0.1) is 26.4 Å². The van der Waals surface area contributed by atoms with Gasteiger partial charge >= 0.3 is 0 Å². The van der Waals surface area contributed by atoms with Crippen LogP contribution in [0.25, 0.3) is 0 Å². The van der Waals surface area contributed by atoms with Crippen LogP contribution in [0.1, 0.15) is 0 Å². The summed E-state index contributed by atoms with van der Waals surface area (Å²) in [4.78, 5) is 9.85. The SMILES string of the molecule is C[B]CCOCCOCCOCC=O. The highest BCUT2D eigenvalue weighted by molar-refractivity contribution is 6.33. The zero-order valence-electron chi connectivity index (χ0n) is 8.74. The number of ether oxygens (including phenoxy) is 3. The van der Waals surface area contributed by atoms with Gasteiger partial charge in [-0.3, -0.25) is 0 Å². The second-order valence-electron chi connectivity index (χ2n) is 2.66. The minimum atomic E-state index is 0.145. The highest BCUT2D eigenvalue weighted by Crippen LogP contribution is 1.83. The summed E-state index contributed by atoms with van der Waals surface area (Å²) in [7, 11) is 2.06. The summed E-state index contributed by atoms with van der Waals surface area (Å²) in [6.45, 7) is 5.06. The molecule has 0 aromatic rings. The third-order valence-corrected chi connectivity index (χ3v) is 1.48. The van der Waals surface area contributed by atoms with E-state index in [4.69, 9.17) is 14.2 Å². The van der Waals surface area contributed by atoms with E-state index < -0.39 is 0 Å². The van der Waals surface area contributed by atoms with Crippen molar-refractivity contribution in [2.75, 3.05) is 39.6 Å². The van der Waals surface area contributed by atoms with Gasteiger partial charge in [0.15, 0.2) is 0 Å². The average Bonchev–Trinajstić information content (AvgIpc) is 2.21. The Morgan fingerprint density at radius 1 is 1.00 bits per heavy atom. The van der Waals surface area contributed by atoms with E-state index in [1.54, 1.807) is 0 Å². The summed E-state index contributed by atoms with van der Waals surface area (Å²) in [5.74, 6) is 0. The smallest absolute Gasteiger partial charge is 0.145 e. The van der Waals surface area contributed by atoms with Crippen LogP contribution in [0, 0.1) is 0 Å². The van der Waals surface area contributed by atoms with Gasteiger partial charge in [0.1, 0.15) is 20.2 Å². The van der Waals surface area contributed by atoms with Crippen molar-refractivity contribution in [3.63, 3.8) is 0 Å². The summed E-state index contributed by atoms with van der Waals surface area (Å²) in [6, 6.07) is 0. The molecule has 0 bridgehead atoms. The number of carbonyl (C=O) groups excluding carboxylic acids is 1. The summed E-state index contributed by atoms with van der Waals surface area (Å²) in [6.07, 6.45) is 1.70. The van der Waals surface area contributed by atoms with Gasteiger partial charge in [-0.1, -0.05) is 13.1 Å². The lowest BCUT2D eigenvalue weighted by molar-refractivity contribution is -0.112. The zero-order chi connectivity index (χ0) is 10.5. The first-order valence-electron chi connectivity index (χ1n) is 4.86. The van der Waals surface area contributed by atoms with Gasteiger partial charge in [-0.15, -0.1) is 0 Å². The molecule has 4 nitrogen and oxygen atoms in total. The van der Waals surface area contributed by atoms with E-state index in [-0.39, 0.29) is 6.61 Å². The molecule has 0 fully saturated rings. The first-order chi connectivity index (χ1) is 6.91. The van der Waals surface area contributed by atoms with Crippen molar-refractivity contribution in [1.29, 1.82) is 0 Å². The Morgan fingerprint density at radius 3 is 2.14 bits per heavy atom. The van der Waals surface area contributed by atoms with E-state index in [1.807, 2.05) is 6.82 Å². The van der Waals surface area contributed by atoms with Gasteiger partial charge in [0.25, 0.3) is 0 Å². The first-order valence-corrected chi connectivity index (χ1v) is 4.86. The fourth-order valence-corrected chi connectivity index (χ4v) is 0.772. The maximum Gasteiger partial charge on any atom is 0.145 e. The Kier molecular flexibility index (Phi) is 12.3. The highest BCUT2D eigenvalue weighted by atomic mass is 16.5. The Hall–Kier alpha value is -0.385. The topological polar surface area (TPSA) is 44.8 Å². The van der Waals surface area contributed by atoms with Crippen LogP contribution in [0.15, 0.2) is 0 Å². The quantitative estimate of drug-likeness (QED) is 0.276. The van der Waals surface area contributed by atoms with Crippen LogP contribution in [0.3, 0.4) is 0 Å². The minimum absolute atomic E-state index is 0.145. The van der Waals surface area contributed by atoms with E-state index >= 15 is 0 Å². The number of rotatable bonds is 11. The van der Waals surface area contributed by atoms with Crippen LogP contribution < -0.4 is 0 Å². The standard InChI is InChI=1S/C9H18BO4/c1-10-2-4-12-6-8-14-9-7-13-5-3-11/h3H,2,4-9H2,1H3. The molecule has 0 N–H and O–H groups in total. The van der Waals surface area contributed by atoms with Gasteiger partial charge in [-0.05, 0) is 0 Å². The Bertz CT molecular complexity index is 121. The molecule has 0 aliphatic carbocycles. The van der Waals surface area contributed by atoms with Crippen LogP contribution in [0.5, 0.6) is 0 Å². The Labute approximate surface area is 86.1 Å². The van der Waals surface area contributed by atoms with Crippen molar-refractivity contribution < 1.29 is 19.0 Å². The predicted octanol–water partition coefficient (Wildman–Crippen LogP) is 0.406. The molecule has 0 atom stereocenters.